The summed E-state index contributed by atoms with van der Waals surface area (Å²) in [6, 6.07) is 3.77. The minimum absolute atomic E-state index is 0.00434. The van der Waals surface area contributed by atoms with Gasteiger partial charge in [-0.15, -0.1) is 0 Å². The van der Waals surface area contributed by atoms with Crippen LogP contribution in [0.2, 0.25) is 0 Å². The van der Waals surface area contributed by atoms with Crippen LogP contribution < -0.4 is 0 Å². The Kier molecular flexibility index (Phi) is 6.71. The molecule has 20 heavy (non-hydrogen) atoms. The number of aliphatic hydroxyl groups is 2. The summed E-state index contributed by atoms with van der Waals surface area (Å²) >= 11 is 0. The van der Waals surface area contributed by atoms with Gasteiger partial charge in [0.25, 0.3) is 5.91 Å². The van der Waals surface area contributed by atoms with Crippen molar-refractivity contribution >= 4 is 5.91 Å². The van der Waals surface area contributed by atoms with Gasteiger partial charge in [-0.05, 0) is 31.5 Å². The van der Waals surface area contributed by atoms with E-state index in [2.05, 4.69) is 11.8 Å². The van der Waals surface area contributed by atoms with Crippen LogP contribution in [0.25, 0.3) is 0 Å². The number of hydrogen-bond acceptors (Lipinski definition) is 3. The smallest absolute Gasteiger partial charge is 0.255 e. The van der Waals surface area contributed by atoms with Crippen LogP contribution in [-0.2, 0) is 0 Å². The number of aliphatic hydroxyl groups excluding tert-OH is 2. The highest BCUT2D eigenvalue weighted by Gasteiger charge is 2.17. The highest BCUT2D eigenvalue weighted by Crippen LogP contribution is 2.13. The van der Waals surface area contributed by atoms with Crippen LogP contribution in [0.5, 0.6) is 0 Å². The van der Waals surface area contributed by atoms with Crippen molar-refractivity contribution in [2.75, 3.05) is 26.3 Å². The fourth-order valence-electron chi connectivity index (χ4n) is 1.78. The van der Waals surface area contributed by atoms with E-state index >= 15 is 0 Å². The van der Waals surface area contributed by atoms with E-state index in [1.54, 1.807) is 4.90 Å². The molecule has 0 radical (unpaired) electrons. The first-order chi connectivity index (χ1) is 9.63. The second-order valence-corrected chi connectivity index (χ2v) is 4.11. The molecule has 0 atom stereocenters. The summed E-state index contributed by atoms with van der Waals surface area (Å²) in [6.45, 7) is 2.40. The standard InChI is InChI=1S/C15H18FNO3/c1-2-17(8-4-10-19)15(20)14-7-6-13(16)11-12(14)5-3-9-18/h6-7,11,18-19H,2,4,8-10H2,1H3. The van der Waals surface area contributed by atoms with Gasteiger partial charge < -0.3 is 15.1 Å². The molecule has 0 aliphatic heterocycles. The van der Waals surface area contributed by atoms with E-state index in [-0.39, 0.29) is 24.7 Å². The van der Waals surface area contributed by atoms with E-state index < -0.39 is 5.82 Å². The maximum Gasteiger partial charge on any atom is 0.255 e. The van der Waals surface area contributed by atoms with Crippen molar-refractivity contribution in [3.8, 4) is 11.8 Å². The number of halogens is 1. The molecule has 0 aliphatic carbocycles. The summed E-state index contributed by atoms with van der Waals surface area (Å²) < 4.78 is 13.2. The first-order valence-corrected chi connectivity index (χ1v) is 6.43. The second kappa shape index (κ2) is 8.31. The number of carbonyl (C=O) groups is 1. The van der Waals surface area contributed by atoms with Crippen molar-refractivity contribution < 1.29 is 19.4 Å². The Hall–Kier alpha value is -1.90. The van der Waals surface area contributed by atoms with Crippen LogP contribution >= 0.6 is 0 Å². The highest BCUT2D eigenvalue weighted by molar-refractivity contribution is 5.96. The molecule has 0 heterocycles. The van der Waals surface area contributed by atoms with Gasteiger partial charge in [0.05, 0.1) is 5.56 Å². The van der Waals surface area contributed by atoms with Crippen molar-refractivity contribution in [2.45, 2.75) is 13.3 Å². The third-order valence-corrected chi connectivity index (χ3v) is 2.77. The zero-order valence-electron chi connectivity index (χ0n) is 11.4. The first kappa shape index (κ1) is 16.2. The molecular formula is C15H18FNO3. The molecule has 108 valence electrons. The Morgan fingerprint density at radius 1 is 1.40 bits per heavy atom. The van der Waals surface area contributed by atoms with Gasteiger partial charge in [0.2, 0.25) is 0 Å². The number of amides is 1. The van der Waals surface area contributed by atoms with Gasteiger partial charge in [0, 0.05) is 25.3 Å². The van der Waals surface area contributed by atoms with Crippen LogP contribution in [0.4, 0.5) is 4.39 Å². The van der Waals surface area contributed by atoms with E-state index in [0.29, 0.717) is 25.1 Å². The summed E-state index contributed by atoms with van der Waals surface area (Å²) in [5.41, 5.74) is 0.554. The van der Waals surface area contributed by atoms with Gasteiger partial charge in [0.1, 0.15) is 12.4 Å². The van der Waals surface area contributed by atoms with Crippen molar-refractivity contribution in [2.24, 2.45) is 0 Å². The highest BCUT2D eigenvalue weighted by atomic mass is 19.1. The van der Waals surface area contributed by atoms with Crippen LogP contribution in [0.15, 0.2) is 18.2 Å². The Bertz CT molecular complexity index is 520. The fraction of sp³-hybridized carbons (Fsp3) is 0.400. The Morgan fingerprint density at radius 2 is 2.15 bits per heavy atom. The normalized spacial score (nSPS) is 9.80. The summed E-state index contributed by atoms with van der Waals surface area (Å²) in [7, 11) is 0. The fourth-order valence-corrected chi connectivity index (χ4v) is 1.78. The maximum atomic E-state index is 13.2. The lowest BCUT2D eigenvalue weighted by atomic mass is 10.1. The molecular weight excluding hydrogens is 261 g/mol. The molecule has 0 saturated heterocycles. The lowest BCUT2D eigenvalue weighted by Gasteiger charge is -2.21. The molecule has 0 bridgehead atoms. The second-order valence-electron chi connectivity index (χ2n) is 4.11. The Balaban J connectivity index is 3.07. The minimum atomic E-state index is -0.484. The van der Waals surface area contributed by atoms with Crippen molar-refractivity contribution in [3.05, 3.63) is 35.1 Å². The lowest BCUT2D eigenvalue weighted by Crippen LogP contribution is -2.32. The average molecular weight is 279 g/mol. The lowest BCUT2D eigenvalue weighted by molar-refractivity contribution is 0.0754. The van der Waals surface area contributed by atoms with E-state index in [1.165, 1.54) is 18.2 Å². The van der Waals surface area contributed by atoms with Gasteiger partial charge in [0.15, 0.2) is 0 Å². The molecule has 1 amide bonds. The molecule has 2 N–H and O–H groups in total. The van der Waals surface area contributed by atoms with Crippen LogP contribution in [0, 0.1) is 17.7 Å². The van der Waals surface area contributed by atoms with Gasteiger partial charge in [-0.2, -0.15) is 0 Å². The van der Waals surface area contributed by atoms with Gasteiger partial charge in [-0.3, -0.25) is 4.79 Å². The van der Waals surface area contributed by atoms with Crippen molar-refractivity contribution in [3.63, 3.8) is 0 Å². The summed E-state index contributed by atoms with van der Waals surface area (Å²) in [5, 5.41) is 17.5. The van der Waals surface area contributed by atoms with Crippen LogP contribution in [0.3, 0.4) is 0 Å². The zero-order chi connectivity index (χ0) is 15.0. The number of benzene rings is 1. The third kappa shape index (κ3) is 4.34. The molecule has 0 unspecified atom stereocenters. The van der Waals surface area contributed by atoms with Crippen molar-refractivity contribution in [1.82, 2.24) is 4.90 Å². The van der Waals surface area contributed by atoms with Crippen LogP contribution in [-0.4, -0.2) is 47.3 Å². The van der Waals surface area contributed by atoms with Gasteiger partial charge in [-0.25, -0.2) is 4.39 Å². The monoisotopic (exact) mass is 279 g/mol. The van der Waals surface area contributed by atoms with Crippen LogP contribution in [0.1, 0.15) is 29.3 Å². The Morgan fingerprint density at radius 3 is 2.75 bits per heavy atom. The van der Waals surface area contributed by atoms with E-state index in [1.807, 2.05) is 6.92 Å². The summed E-state index contributed by atoms with van der Waals surface area (Å²) in [6.07, 6.45) is 0.485. The number of carbonyl (C=O) groups excluding carboxylic acids is 1. The average Bonchev–Trinajstić information content (AvgIpc) is 2.45. The topological polar surface area (TPSA) is 60.8 Å². The molecule has 0 spiro atoms. The SMILES string of the molecule is CCN(CCCO)C(=O)c1ccc(F)cc1C#CCO. The molecule has 1 aromatic carbocycles. The predicted octanol–water partition coefficient (Wildman–Crippen LogP) is 1.01. The molecule has 1 aromatic rings. The quantitative estimate of drug-likeness (QED) is 0.791. The van der Waals surface area contributed by atoms with Gasteiger partial charge in [-0.1, -0.05) is 11.8 Å². The summed E-state index contributed by atoms with van der Waals surface area (Å²) in [5.74, 6) is 4.25. The van der Waals surface area contributed by atoms with E-state index in [9.17, 15) is 9.18 Å². The minimum Gasteiger partial charge on any atom is -0.396 e. The summed E-state index contributed by atoms with van der Waals surface area (Å²) in [4.78, 5) is 13.9. The number of rotatable bonds is 5. The van der Waals surface area contributed by atoms with E-state index in [0.717, 1.165) is 0 Å². The molecule has 1 rings (SSSR count). The first-order valence-electron chi connectivity index (χ1n) is 6.43. The predicted molar refractivity (Wildman–Crippen MR) is 73.6 cm³/mol. The molecule has 0 saturated carbocycles. The molecule has 0 aliphatic rings. The number of hydrogen-bond donors (Lipinski definition) is 2. The maximum absolute atomic E-state index is 13.2. The Labute approximate surface area is 117 Å². The van der Waals surface area contributed by atoms with Gasteiger partial charge >= 0.3 is 0 Å². The number of nitrogens with zero attached hydrogens (tertiary/aromatic N) is 1. The molecule has 5 heteroatoms. The molecule has 0 fully saturated rings. The van der Waals surface area contributed by atoms with E-state index in [4.69, 9.17) is 10.2 Å². The largest absolute Gasteiger partial charge is 0.396 e. The molecule has 4 nitrogen and oxygen atoms in total. The zero-order valence-corrected chi connectivity index (χ0v) is 11.4. The molecule has 0 aromatic heterocycles. The third-order valence-electron chi connectivity index (χ3n) is 2.77. The van der Waals surface area contributed by atoms with Crippen molar-refractivity contribution in [1.29, 1.82) is 0 Å².